The highest BCUT2D eigenvalue weighted by Gasteiger charge is 2.46. The van der Waals surface area contributed by atoms with Gasteiger partial charge in [-0.3, -0.25) is 14.5 Å². The van der Waals surface area contributed by atoms with Crippen molar-refractivity contribution in [1.29, 1.82) is 0 Å². The number of ketones is 1. The monoisotopic (exact) mass is 504 g/mol. The van der Waals surface area contributed by atoms with Crippen LogP contribution in [0.5, 0.6) is 11.5 Å². The number of rotatable bonds is 11. The third-order valence-electron chi connectivity index (χ3n) is 6.36. The standard InChI is InChI=1S/C29H32N2O6/c1-3-17-36-23-9-5-21(6-10-23)26-25(27(32)22-7-11-24(12-8-22)37-18-4-2)28(33)29(34)31(26)14-13-30-15-19-35-20-16-30/h3-12,26,32H,1-2,13-20H2/b27-25+/t26-/m0/s1. The lowest BCUT2D eigenvalue weighted by Crippen LogP contribution is -2.42. The number of ether oxygens (including phenoxy) is 3. The van der Waals surface area contributed by atoms with Gasteiger partial charge in [0.1, 0.15) is 30.5 Å². The number of hydrogen-bond acceptors (Lipinski definition) is 7. The average Bonchev–Trinajstić information content (AvgIpc) is 3.19. The van der Waals surface area contributed by atoms with Crippen molar-refractivity contribution < 1.29 is 28.9 Å². The molecule has 8 nitrogen and oxygen atoms in total. The summed E-state index contributed by atoms with van der Waals surface area (Å²) in [6, 6.07) is 13.2. The van der Waals surface area contributed by atoms with Gasteiger partial charge in [-0.15, -0.1) is 0 Å². The molecule has 0 unspecified atom stereocenters. The molecule has 4 rings (SSSR count). The molecule has 8 heteroatoms. The zero-order valence-electron chi connectivity index (χ0n) is 20.8. The average molecular weight is 505 g/mol. The van der Waals surface area contributed by atoms with E-state index in [1.165, 1.54) is 0 Å². The molecule has 194 valence electrons. The van der Waals surface area contributed by atoms with Gasteiger partial charge in [0, 0.05) is 31.7 Å². The molecule has 2 aromatic carbocycles. The first kappa shape index (κ1) is 26.2. The van der Waals surface area contributed by atoms with Crippen molar-refractivity contribution in [2.45, 2.75) is 6.04 Å². The van der Waals surface area contributed by atoms with E-state index >= 15 is 0 Å². The van der Waals surface area contributed by atoms with Gasteiger partial charge in [-0.2, -0.15) is 0 Å². The van der Waals surface area contributed by atoms with E-state index in [0.29, 0.717) is 62.1 Å². The number of carbonyl (C=O) groups excluding carboxylic acids is 2. The van der Waals surface area contributed by atoms with E-state index in [4.69, 9.17) is 14.2 Å². The highest BCUT2D eigenvalue weighted by molar-refractivity contribution is 6.46. The van der Waals surface area contributed by atoms with Gasteiger partial charge in [-0.25, -0.2) is 0 Å². The Kier molecular flexibility index (Phi) is 8.77. The first-order valence-electron chi connectivity index (χ1n) is 12.3. The molecule has 1 N–H and O–H groups in total. The normalized spacial score (nSPS) is 19.6. The molecule has 0 aromatic heterocycles. The number of amides is 1. The number of aliphatic hydroxyl groups excluding tert-OH is 1. The topological polar surface area (TPSA) is 88.5 Å². The van der Waals surface area contributed by atoms with Gasteiger partial charge in [0.15, 0.2) is 0 Å². The van der Waals surface area contributed by atoms with Gasteiger partial charge in [-0.05, 0) is 42.0 Å². The van der Waals surface area contributed by atoms with Crippen molar-refractivity contribution in [2.75, 3.05) is 52.6 Å². The number of carbonyl (C=O) groups is 2. The van der Waals surface area contributed by atoms with Crippen LogP contribution in [0.4, 0.5) is 0 Å². The van der Waals surface area contributed by atoms with Crippen LogP contribution in [-0.4, -0.2) is 79.2 Å². The predicted molar refractivity (Wildman–Crippen MR) is 141 cm³/mol. The second kappa shape index (κ2) is 12.4. The fourth-order valence-corrected chi connectivity index (χ4v) is 4.45. The van der Waals surface area contributed by atoms with Gasteiger partial charge in [0.2, 0.25) is 0 Å². The third-order valence-corrected chi connectivity index (χ3v) is 6.36. The van der Waals surface area contributed by atoms with Crippen LogP contribution in [0.25, 0.3) is 5.76 Å². The van der Waals surface area contributed by atoms with Gasteiger partial charge in [-0.1, -0.05) is 37.4 Å². The lowest BCUT2D eigenvalue weighted by molar-refractivity contribution is -0.140. The maximum atomic E-state index is 13.3. The highest BCUT2D eigenvalue weighted by atomic mass is 16.5. The minimum absolute atomic E-state index is 0.0616. The molecular weight excluding hydrogens is 472 g/mol. The number of morpholine rings is 1. The number of Topliss-reactive ketones (excluding diaryl/α,β-unsaturated/α-hetero) is 1. The Hall–Kier alpha value is -3.88. The van der Waals surface area contributed by atoms with Gasteiger partial charge in [0.25, 0.3) is 11.7 Å². The SMILES string of the molecule is C=CCOc1ccc(/C(O)=C2\C(=O)C(=O)N(CCN3CCOCC3)[C@H]2c2ccc(OCC=C)cc2)cc1. The zero-order valence-corrected chi connectivity index (χ0v) is 20.8. The second-order valence-electron chi connectivity index (χ2n) is 8.74. The molecule has 1 amide bonds. The Morgan fingerprint density at radius 1 is 0.919 bits per heavy atom. The van der Waals surface area contributed by atoms with Crippen LogP contribution in [0, 0.1) is 0 Å². The Morgan fingerprint density at radius 2 is 1.49 bits per heavy atom. The Bertz CT molecular complexity index is 1150. The van der Waals surface area contributed by atoms with Crippen LogP contribution in [0.15, 0.2) is 79.4 Å². The van der Waals surface area contributed by atoms with Crippen LogP contribution >= 0.6 is 0 Å². The zero-order chi connectivity index (χ0) is 26.2. The maximum Gasteiger partial charge on any atom is 0.295 e. The number of benzene rings is 2. The summed E-state index contributed by atoms with van der Waals surface area (Å²) in [4.78, 5) is 30.2. The minimum atomic E-state index is -0.730. The Balaban J connectivity index is 1.68. The summed E-state index contributed by atoms with van der Waals surface area (Å²) in [5, 5.41) is 11.3. The summed E-state index contributed by atoms with van der Waals surface area (Å²) < 4.78 is 16.5. The molecule has 0 bridgehead atoms. The van der Waals surface area contributed by atoms with E-state index in [1.807, 2.05) is 12.1 Å². The van der Waals surface area contributed by atoms with Gasteiger partial charge in [0.05, 0.1) is 24.8 Å². The third kappa shape index (κ3) is 6.10. The van der Waals surface area contributed by atoms with E-state index in [2.05, 4.69) is 18.1 Å². The van der Waals surface area contributed by atoms with E-state index in [9.17, 15) is 14.7 Å². The van der Waals surface area contributed by atoms with Crippen molar-refractivity contribution in [3.05, 3.63) is 90.5 Å². The summed E-state index contributed by atoms with van der Waals surface area (Å²) in [6.07, 6.45) is 3.29. The second-order valence-corrected chi connectivity index (χ2v) is 8.74. The lowest BCUT2D eigenvalue weighted by atomic mass is 9.95. The number of nitrogens with zero attached hydrogens (tertiary/aromatic N) is 2. The molecule has 0 radical (unpaired) electrons. The molecule has 2 saturated heterocycles. The Morgan fingerprint density at radius 3 is 2.05 bits per heavy atom. The molecule has 1 atom stereocenters. The van der Waals surface area contributed by atoms with Gasteiger partial charge < -0.3 is 24.2 Å². The first-order chi connectivity index (χ1) is 18.0. The van der Waals surface area contributed by atoms with Crippen molar-refractivity contribution in [2.24, 2.45) is 0 Å². The molecule has 0 aliphatic carbocycles. The fraction of sp³-hybridized carbons (Fsp3) is 0.310. The van der Waals surface area contributed by atoms with E-state index in [-0.39, 0.29) is 11.3 Å². The Labute approximate surface area is 217 Å². The molecule has 2 fully saturated rings. The van der Waals surface area contributed by atoms with Crippen LogP contribution in [-0.2, 0) is 14.3 Å². The fourth-order valence-electron chi connectivity index (χ4n) is 4.45. The van der Waals surface area contributed by atoms with Crippen molar-refractivity contribution >= 4 is 17.4 Å². The van der Waals surface area contributed by atoms with Crippen LogP contribution in [0.2, 0.25) is 0 Å². The molecule has 37 heavy (non-hydrogen) atoms. The molecule has 2 aliphatic heterocycles. The number of hydrogen-bond donors (Lipinski definition) is 1. The van der Waals surface area contributed by atoms with E-state index in [1.54, 1.807) is 53.5 Å². The first-order valence-corrected chi connectivity index (χ1v) is 12.3. The van der Waals surface area contributed by atoms with Crippen molar-refractivity contribution in [3.8, 4) is 11.5 Å². The summed E-state index contributed by atoms with van der Waals surface area (Å²) in [6.45, 7) is 11.8. The molecule has 0 spiro atoms. The molecule has 0 saturated carbocycles. The van der Waals surface area contributed by atoms with Gasteiger partial charge >= 0.3 is 0 Å². The van der Waals surface area contributed by atoms with E-state index in [0.717, 1.165) is 13.1 Å². The molecule has 2 aliphatic rings. The predicted octanol–water partition coefficient (Wildman–Crippen LogP) is 3.57. The van der Waals surface area contributed by atoms with Crippen LogP contribution in [0.1, 0.15) is 17.2 Å². The smallest absolute Gasteiger partial charge is 0.295 e. The summed E-state index contributed by atoms with van der Waals surface area (Å²) >= 11 is 0. The largest absolute Gasteiger partial charge is 0.507 e. The molecule has 2 heterocycles. The lowest BCUT2D eigenvalue weighted by Gasteiger charge is -2.31. The van der Waals surface area contributed by atoms with Crippen LogP contribution < -0.4 is 9.47 Å². The van der Waals surface area contributed by atoms with Crippen LogP contribution in [0.3, 0.4) is 0 Å². The number of aliphatic hydroxyl groups is 1. The molecular formula is C29H32N2O6. The van der Waals surface area contributed by atoms with Crippen molar-refractivity contribution in [3.63, 3.8) is 0 Å². The molecule has 2 aromatic rings. The van der Waals surface area contributed by atoms with E-state index < -0.39 is 17.7 Å². The summed E-state index contributed by atoms with van der Waals surface area (Å²) in [5.74, 6) is -0.307. The highest BCUT2D eigenvalue weighted by Crippen LogP contribution is 2.40. The van der Waals surface area contributed by atoms with Crippen molar-refractivity contribution in [1.82, 2.24) is 9.80 Å². The summed E-state index contributed by atoms with van der Waals surface area (Å²) in [5.41, 5.74) is 1.19. The number of likely N-dealkylation sites (tertiary alicyclic amines) is 1. The minimum Gasteiger partial charge on any atom is -0.507 e. The summed E-state index contributed by atoms with van der Waals surface area (Å²) in [7, 11) is 0. The maximum absolute atomic E-state index is 13.3. The quantitative estimate of drug-likeness (QED) is 0.217.